The van der Waals surface area contributed by atoms with E-state index in [1.807, 2.05) is 47.8 Å². The van der Waals surface area contributed by atoms with Gasteiger partial charge in [-0.25, -0.2) is 0 Å². The zero-order chi connectivity index (χ0) is 19.3. The Hall–Kier alpha value is -2.63. The molecule has 4 rings (SSSR count). The lowest BCUT2D eigenvalue weighted by Gasteiger charge is -2.21. The molecule has 1 aliphatic carbocycles. The minimum Gasteiger partial charge on any atom is -0.311 e. The summed E-state index contributed by atoms with van der Waals surface area (Å²) in [6.45, 7) is 0.385. The SMILES string of the molecule is N#CCCN(C(=O)CSc1nnc(-c2cccs2)n1C1CC1)c1ccccc1. The summed E-state index contributed by atoms with van der Waals surface area (Å²) in [7, 11) is 0. The maximum atomic E-state index is 12.9. The standard InChI is InChI=1S/C20H19N5OS2/c21-11-5-12-24(15-6-2-1-3-7-15)18(26)14-28-20-23-22-19(17-8-4-13-27-17)25(20)16-9-10-16/h1-4,6-8,13,16H,5,9-10,12,14H2. The maximum Gasteiger partial charge on any atom is 0.237 e. The van der Waals surface area contributed by atoms with Crippen LogP contribution in [0.4, 0.5) is 5.69 Å². The average molecular weight is 410 g/mol. The number of nitriles is 1. The third-order valence-corrected chi connectivity index (χ3v) is 6.25. The molecule has 0 spiro atoms. The van der Waals surface area contributed by atoms with E-state index in [-0.39, 0.29) is 11.7 Å². The molecule has 1 amide bonds. The molecule has 28 heavy (non-hydrogen) atoms. The van der Waals surface area contributed by atoms with E-state index < -0.39 is 0 Å². The fourth-order valence-corrected chi connectivity index (χ4v) is 4.57. The van der Waals surface area contributed by atoms with Crippen LogP contribution in [-0.4, -0.2) is 33.0 Å². The van der Waals surface area contributed by atoms with Crippen molar-refractivity contribution in [3.63, 3.8) is 0 Å². The van der Waals surface area contributed by atoms with Crippen LogP contribution in [0.2, 0.25) is 0 Å². The number of anilines is 1. The van der Waals surface area contributed by atoms with Gasteiger partial charge in [0.1, 0.15) is 0 Å². The largest absolute Gasteiger partial charge is 0.311 e. The molecule has 1 fully saturated rings. The van der Waals surface area contributed by atoms with Crippen molar-refractivity contribution in [3.05, 3.63) is 47.8 Å². The summed E-state index contributed by atoms with van der Waals surface area (Å²) >= 11 is 3.06. The molecule has 2 aromatic heterocycles. The first-order valence-corrected chi connectivity index (χ1v) is 11.0. The molecule has 142 valence electrons. The molecule has 1 saturated carbocycles. The third kappa shape index (κ3) is 4.11. The Morgan fingerprint density at radius 2 is 2.07 bits per heavy atom. The van der Waals surface area contributed by atoms with E-state index in [2.05, 4.69) is 20.8 Å². The average Bonchev–Trinajstić information content (AvgIpc) is 3.25. The first-order valence-electron chi connectivity index (χ1n) is 9.12. The van der Waals surface area contributed by atoms with Gasteiger partial charge in [0.15, 0.2) is 11.0 Å². The highest BCUT2D eigenvalue weighted by molar-refractivity contribution is 7.99. The Morgan fingerprint density at radius 1 is 1.25 bits per heavy atom. The molecule has 0 atom stereocenters. The second-order valence-electron chi connectivity index (χ2n) is 6.46. The highest BCUT2D eigenvalue weighted by Gasteiger charge is 2.31. The van der Waals surface area contributed by atoms with Crippen molar-refractivity contribution in [2.75, 3.05) is 17.2 Å². The fourth-order valence-electron chi connectivity index (χ4n) is 2.98. The van der Waals surface area contributed by atoms with Crippen LogP contribution >= 0.6 is 23.1 Å². The number of para-hydroxylation sites is 1. The van der Waals surface area contributed by atoms with E-state index in [1.165, 1.54) is 11.8 Å². The number of carbonyl (C=O) groups is 1. The van der Waals surface area contributed by atoms with Gasteiger partial charge in [0.2, 0.25) is 5.91 Å². The number of aromatic nitrogens is 3. The van der Waals surface area contributed by atoms with Crippen molar-refractivity contribution < 1.29 is 4.79 Å². The van der Waals surface area contributed by atoms with Crippen LogP contribution in [0.25, 0.3) is 10.7 Å². The summed E-state index contributed by atoms with van der Waals surface area (Å²) < 4.78 is 2.17. The van der Waals surface area contributed by atoms with E-state index in [4.69, 9.17) is 5.26 Å². The Bertz CT molecular complexity index is 974. The lowest BCUT2D eigenvalue weighted by atomic mass is 10.2. The topological polar surface area (TPSA) is 74.8 Å². The number of amides is 1. The summed E-state index contributed by atoms with van der Waals surface area (Å²) in [4.78, 5) is 15.7. The number of thiophene rings is 1. The van der Waals surface area contributed by atoms with Crippen LogP contribution in [0.3, 0.4) is 0 Å². The summed E-state index contributed by atoms with van der Waals surface area (Å²) in [6.07, 6.45) is 2.54. The predicted molar refractivity (Wildman–Crippen MR) is 111 cm³/mol. The molecule has 0 aliphatic heterocycles. The van der Waals surface area contributed by atoms with E-state index >= 15 is 0 Å². The number of thioether (sulfide) groups is 1. The number of hydrogen-bond donors (Lipinski definition) is 0. The molecule has 8 heteroatoms. The van der Waals surface area contributed by atoms with Gasteiger partial charge >= 0.3 is 0 Å². The molecule has 0 radical (unpaired) electrons. The van der Waals surface area contributed by atoms with E-state index in [9.17, 15) is 4.79 Å². The summed E-state index contributed by atoms with van der Waals surface area (Å²) in [5, 5.41) is 20.5. The van der Waals surface area contributed by atoms with Crippen LogP contribution in [0, 0.1) is 11.3 Å². The zero-order valence-electron chi connectivity index (χ0n) is 15.2. The van der Waals surface area contributed by atoms with Gasteiger partial charge in [-0.1, -0.05) is 36.0 Å². The molecule has 6 nitrogen and oxygen atoms in total. The Balaban J connectivity index is 1.50. The number of benzene rings is 1. The summed E-state index contributed by atoms with van der Waals surface area (Å²) in [5.74, 6) is 1.11. The molecule has 0 saturated heterocycles. The van der Waals surface area contributed by atoms with Crippen molar-refractivity contribution in [1.29, 1.82) is 5.26 Å². The van der Waals surface area contributed by atoms with Crippen LogP contribution in [0.15, 0.2) is 53.0 Å². The molecule has 0 bridgehead atoms. The Labute approximate surface area is 171 Å². The fraction of sp³-hybridized carbons (Fsp3) is 0.300. The smallest absolute Gasteiger partial charge is 0.237 e. The van der Waals surface area contributed by atoms with Crippen molar-refractivity contribution in [2.45, 2.75) is 30.5 Å². The molecule has 0 N–H and O–H groups in total. The van der Waals surface area contributed by atoms with Gasteiger partial charge in [0, 0.05) is 18.3 Å². The molecule has 1 aliphatic rings. The van der Waals surface area contributed by atoms with Gasteiger partial charge in [0.25, 0.3) is 0 Å². The minimum absolute atomic E-state index is 0.0329. The molecule has 0 unspecified atom stereocenters. The molecule has 1 aromatic carbocycles. The lowest BCUT2D eigenvalue weighted by Crippen LogP contribution is -2.33. The van der Waals surface area contributed by atoms with Gasteiger partial charge in [-0.2, -0.15) is 5.26 Å². The van der Waals surface area contributed by atoms with Gasteiger partial charge in [-0.3, -0.25) is 9.36 Å². The van der Waals surface area contributed by atoms with Gasteiger partial charge in [-0.05, 0) is 36.4 Å². The molecule has 3 aromatic rings. The molecule has 2 heterocycles. The van der Waals surface area contributed by atoms with Gasteiger partial charge in [-0.15, -0.1) is 21.5 Å². The van der Waals surface area contributed by atoms with Crippen LogP contribution in [-0.2, 0) is 4.79 Å². The molecular formula is C20H19N5OS2. The van der Waals surface area contributed by atoms with E-state index in [0.29, 0.717) is 19.0 Å². The van der Waals surface area contributed by atoms with Gasteiger partial charge in [0.05, 0.1) is 23.1 Å². The zero-order valence-corrected chi connectivity index (χ0v) is 16.8. The maximum absolute atomic E-state index is 12.9. The second kappa shape index (κ2) is 8.59. The Morgan fingerprint density at radius 3 is 2.75 bits per heavy atom. The van der Waals surface area contributed by atoms with Crippen molar-refractivity contribution in [2.24, 2.45) is 0 Å². The lowest BCUT2D eigenvalue weighted by molar-refractivity contribution is -0.116. The number of carbonyl (C=O) groups excluding carboxylic acids is 1. The predicted octanol–water partition coefficient (Wildman–Crippen LogP) is 4.38. The highest BCUT2D eigenvalue weighted by atomic mass is 32.2. The number of nitrogens with zero attached hydrogens (tertiary/aromatic N) is 5. The summed E-state index contributed by atoms with van der Waals surface area (Å²) in [5.41, 5.74) is 0.811. The first-order chi connectivity index (χ1) is 13.8. The highest BCUT2D eigenvalue weighted by Crippen LogP contribution is 2.41. The van der Waals surface area contributed by atoms with E-state index in [0.717, 1.165) is 34.4 Å². The number of rotatable bonds is 8. The Kier molecular flexibility index (Phi) is 5.74. The first kappa shape index (κ1) is 18.7. The quantitative estimate of drug-likeness (QED) is 0.516. The second-order valence-corrected chi connectivity index (χ2v) is 8.35. The van der Waals surface area contributed by atoms with Gasteiger partial charge < -0.3 is 4.90 Å². The normalized spacial score (nSPS) is 13.2. The third-order valence-electron chi connectivity index (χ3n) is 4.46. The van der Waals surface area contributed by atoms with Crippen LogP contribution < -0.4 is 4.90 Å². The van der Waals surface area contributed by atoms with Crippen LogP contribution in [0.5, 0.6) is 0 Å². The molecular weight excluding hydrogens is 390 g/mol. The summed E-state index contributed by atoms with van der Waals surface area (Å²) in [6, 6.07) is 16.1. The minimum atomic E-state index is -0.0329. The van der Waals surface area contributed by atoms with Crippen molar-refractivity contribution in [1.82, 2.24) is 14.8 Å². The van der Waals surface area contributed by atoms with Crippen molar-refractivity contribution >= 4 is 34.7 Å². The van der Waals surface area contributed by atoms with Crippen molar-refractivity contribution in [3.8, 4) is 16.8 Å². The monoisotopic (exact) mass is 409 g/mol. The van der Waals surface area contributed by atoms with Crippen LogP contribution in [0.1, 0.15) is 25.3 Å². The number of hydrogen-bond acceptors (Lipinski definition) is 6. The van der Waals surface area contributed by atoms with E-state index in [1.54, 1.807) is 16.2 Å².